The summed E-state index contributed by atoms with van der Waals surface area (Å²) in [6.45, 7) is 0. The molecule has 0 aliphatic carbocycles. The monoisotopic (exact) mass is 150 g/mol. The zero-order valence-corrected chi connectivity index (χ0v) is 6.56. The van der Waals surface area contributed by atoms with E-state index in [0.717, 1.165) is 0 Å². The second-order valence-corrected chi connectivity index (χ2v) is 4.03. The van der Waals surface area contributed by atoms with Crippen LogP contribution in [0.1, 0.15) is 0 Å². The minimum absolute atomic E-state index is 0.551. The predicted octanol–water partition coefficient (Wildman–Crippen LogP) is 1.44. The van der Waals surface area contributed by atoms with Crippen molar-refractivity contribution in [3.63, 3.8) is 0 Å². The van der Waals surface area contributed by atoms with E-state index in [0.29, 0.717) is 5.44 Å². The second-order valence-electron chi connectivity index (χ2n) is 1.61. The first-order valence-electron chi connectivity index (χ1n) is 2.65. The minimum atomic E-state index is 0.551. The van der Waals surface area contributed by atoms with Gasteiger partial charge in [-0.3, -0.25) is 0 Å². The van der Waals surface area contributed by atoms with E-state index in [1.165, 1.54) is 17.3 Å². The zero-order valence-electron chi connectivity index (χ0n) is 4.92. The Hall–Kier alpha value is 0.660. The molecule has 0 bridgehead atoms. The molecule has 2 fully saturated rings. The van der Waals surface area contributed by atoms with E-state index >= 15 is 0 Å². The van der Waals surface area contributed by atoms with Gasteiger partial charge in [-0.15, -0.1) is 11.8 Å². The van der Waals surface area contributed by atoms with Crippen molar-refractivity contribution in [3.8, 4) is 0 Å². The highest BCUT2D eigenvalue weighted by molar-refractivity contribution is 8.06. The molecule has 1 nitrogen and oxygen atoms in total. The van der Waals surface area contributed by atoms with E-state index < -0.39 is 0 Å². The highest BCUT2D eigenvalue weighted by Crippen LogP contribution is 2.29. The molecule has 2 aliphatic heterocycles. The molecule has 2 heterocycles. The molecule has 1 unspecified atom stereocenters. The Morgan fingerprint density at radius 3 is 2.00 bits per heavy atom. The number of methoxy groups -OCH3 is 1. The van der Waals surface area contributed by atoms with Crippen molar-refractivity contribution in [2.45, 2.75) is 5.44 Å². The smallest absolute Gasteiger partial charge is 0.112 e. The molecule has 0 aromatic rings. The summed E-state index contributed by atoms with van der Waals surface area (Å²) >= 11 is 3.85. The maximum Gasteiger partial charge on any atom is 0.112 e. The van der Waals surface area contributed by atoms with E-state index in [1.54, 1.807) is 7.11 Å². The van der Waals surface area contributed by atoms with Gasteiger partial charge < -0.3 is 4.74 Å². The van der Waals surface area contributed by atoms with Gasteiger partial charge in [0.1, 0.15) is 5.44 Å². The molecular weight excluding hydrogens is 140 g/mol. The third-order valence-electron chi connectivity index (χ3n) is 0.770. The number of ether oxygens (including phenoxy) is 1. The lowest BCUT2D eigenvalue weighted by Gasteiger charge is -1.78. The largest absolute Gasteiger partial charge is 0.370 e. The lowest BCUT2D eigenvalue weighted by atomic mass is 10.9. The molecule has 0 N–H and O–H groups in total. The summed E-state index contributed by atoms with van der Waals surface area (Å²) in [7, 11) is 1.74. The highest BCUT2D eigenvalue weighted by atomic mass is 32.2. The van der Waals surface area contributed by atoms with Crippen LogP contribution < -0.4 is 0 Å². The molecule has 0 radical (unpaired) electrons. The van der Waals surface area contributed by atoms with E-state index in [4.69, 9.17) is 4.74 Å². The Morgan fingerprint density at radius 2 is 2.00 bits per heavy atom. The summed E-state index contributed by atoms with van der Waals surface area (Å²) in [6, 6.07) is 0. The molecule has 3 heteroatoms. The molecule has 2 rings (SSSR count). The Labute approximate surface area is 58.6 Å². The van der Waals surface area contributed by atoms with E-state index in [1.807, 2.05) is 23.5 Å². The van der Waals surface area contributed by atoms with Crippen LogP contribution >= 0.6 is 23.5 Å². The van der Waals surface area contributed by atoms with Gasteiger partial charge in [0.25, 0.3) is 0 Å². The van der Waals surface area contributed by atoms with Crippen LogP contribution in [0.25, 0.3) is 0 Å². The molecule has 2 aliphatic rings. The Balaban J connectivity index is 0.0000000907. The van der Waals surface area contributed by atoms with Gasteiger partial charge in [0.15, 0.2) is 0 Å². The van der Waals surface area contributed by atoms with Gasteiger partial charge in [0.05, 0.1) is 0 Å². The molecule has 0 aromatic heterocycles. The lowest BCUT2D eigenvalue weighted by molar-refractivity contribution is 0.210. The SMILES string of the molecule is C1CS1.COC1CS1. The quantitative estimate of drug-likeness (QED) is 0.523. The van der Waals surface area contributed by atoms with Crippen LogP contribution in [0.3, 0.4) is 0 Å². The topological polar surface area (TPSA) is 9.23 Å². The number of thioether (sulfide) groups is 2. The third-order valence-corrected chi connectivity index (χ3v) is 1.98. The number of hydrogen-bond donors (Lipinski definition) is 0. The van der Waals surface area contributed by atoms with E-state index in [9.17, 15) is 0 Å². The first-order chi connectivity index (χ1) is 3.93. The fraction of sp³-hybridized carbons (Fsp3) is 1.00. The maximum atomic E-state index is 4.82. The molecule has 8 heavy (non-hydrogen) atoms. The van der Waals surface area contributed by atoms with Gasteiger partial charge in [0.2, 0.25) is 0 Å². The average molecular weight is 150 g/mol. The van der Waals surface area contributed by atoms with Gasteiger partial charge in [-0.25, -0.2) is 0 Å². The normalized spacial score (nSPS) is 30.4. The highest BCUT2D eigenvalue weighted by Gasteiger charge is 2.20. The third kappa shape index (κ3) is 4.81. The van der Waals surface area contributed by atoms with Gasteiger partial charge in [0, 0.05) is 24.4 Å². The molecule has 0 aromatic carbocycles. The van der Waals surface area contributed by atoms with Gasteiger partial charge in [-0.05, 0) is 0 Å². The summed E-state index contributed by atoms with van der Waals surface area (Å²) in [5.41, 5.74) is 0.551. The molecule has 0 saturated carbocycles. The summed E-state index contributed by atoms with van der Waals surface area (Å²) in [4.78, 5) is 0. The van der Waals surface area contributed by atoms with Crippen molar-refractivity contribution in [1.82, 2.24) is 0 Å². The molecule has 0 spiro atoms. The van der Waals surface area contributed by atoms with Crippen molar-refractivity contribution in [1.29, 1.82) is 0 Å². The first kappa shape index (κ1) is 6.78. The minimum Gasteiger partial charge on any atom is -0.370 e. The number of hydrogen-bond acceptors (Lipinski definition) is 3. The molecule has 2 saturated heterocycles. The standard InChI is InChI=1S/C3H6OS.C2H4S/c1-4-3-2-5-3;1-2-3-1/h3H,2H2,1H3;1-2H2. The van der Waals surface area contributed by atoms with Gasteiger partial charge >= 0.3 is 0 Å². The van der Waals surface area contributed by atoms with Crippen molar-refractivity contribution in [3.05, 3.63) is 0 Å². The van der Waals surface area contributed by atoms with Crippen molar-refractivity contribution >= 4 is 23.5 Å². The van der Waals surface area contributed by atoms with Crippen molar-refractivity contribution < 1.29 is 4.74 Å². The molecule has 1 atom stereocenters. The van der Waals surface area contributed by atoms with E-state index in [-0.39, 0.29) is 0 Å². The fourth-order valence-electron chi connectivity index (χ4n) is 0.175. The van der Waals surface area contributed by atoms with Crippen molar-refractivity contribution in [2.75, 3.05) is 24.4 Å². The second kappa shape index (κ2) is 3.64. The van der Waals surface area contributed by atoms with Gasteiger partial charge in [-0.2, -0.15) is 11.8 Å². The fourth-order valence-corrected chi connectivity index (χ4v) is 0.526. The van der Waals surface area contributed by atoms with Crippen LogP contribution in [-0.4, -0.2) is 29.8 Å². The maximum absolute atomic E-state index is 4.82. The summed E-state index contributed by atoms with van der Waals surface area (Å²) in [6.07, 6.45) is 0. The Morgan fingerprint density at radius 1 is 1.50 bits per heavy atom. The van der Waals surface area contributed by atoms with Crippen LogP contribution in [0.5, 0.6) is 0 Å². The molecular formula is C5H10OS2. The van der Waals surface area contributed by atoms with Crippen molar-refractivity contribution in [2.24, 2.45) is 0 Å². The van der Waals surface area contributed by atoms with Crippen LogP contribution in [0.2, 0.25) is 0 Å². The van der Waals surface area contributed by atoms with Crippen LogP contribution in [0.15, 0.2) is 0 Å². The average Bonchev–Trinajstić information content (AvgIpc) is 2.65. The molecule has 48 valence electrons. The Kier molecular flexibility index (Phi) is 3.08. The number of rotatable bonds is 1. The van der Waals surface area contributed by atoms with Gasteiger partial charge in [-0.1, -0.05) is 0 Å². The lowest BCUT2D eigenvalue weighted by Crippen LogP contribution is -1.80. The van der Waals surface area contributed by atoms with Crippen LogP contribution in [-0.2, 0) is 4.74 Å². The Bertz CT molecular complexity index is 58.7. The summed E-state index contributed by atoms with van der Waals surface area (Å²) < 4.78 is 4.82. The van der Waals surface area contributed by atoms with Crippen LogP contribution in [0, 0.1) is 0 Å². The summed E-state index contributed by atoms with van der Waals surface area (Å²) in [5, 5.41) is 0. The predicted molar refractivity (Wildman–Crippen MR) is 40.6 cm³/mol. The molecule has 0 amide bonds. The zero-order chi connectivity index (χ0) is 5.82. The first-order valence-corrected chi connectivity index (χ1v) is 4.86. The van der Waals surface area contributed by atoms with E-state index in [2.05, 4.69) is 0 Å². The summed E-state index contributed by atoms with van der Waals surface area (Å²) in [5.74, 6) is 4.04. The van der Waals surface area contributed by atoms with Crippen LogP contribution in [0.4, 0.5) is 0 Å².